The molecule has 2 aromatic rings. The second-order valence-electron chi connectivity index (χ2n) is 9.26. The van der Waals surface area contributed by atoms with Crippen LogP contribution in [0.15, 0.2) is 42.5 Å². The number of hydrogen-bond acceptors (Lipinski definition) is 5. The molecule has 0 heterocycles. The molecule has 0 fully saturated rings. The number of benzene rings is 2. The lowest BCUT2D eigenvalue weighted by Gasteiger charge is -2.26. The Balaban J connectivity index is 2.37. The van der Waals surface area contributed by atoms with Crippen LogP contribution in [0.3, 0.4) is 0 Å². The summed E-state index contributed by atoms with van der Waals surface area (Å²) >= 11 is 0. The Morgan fingerprint density at radius 2 is 1.67 bits per heavy atom. The standard InChI is InChI=1S/C27H38N4O5/c1-4-6-10-20(16-23(32)31-36)26(34)29-22(27(35)30-24(25(28)33)17(3)5-2)15-19-13-9-12-18-11-7-8-14-21(18)19/h7-9,11-14,17,20,22,24,36H,4-6,10,15-16H2,1-3H3,(H2,28,33)(H,29,34)(H,30,35)(H,31,32)/t17-,20+,22-,24-/m0/s1. The van der Waals surface area contributed by atoms with Crippen LogP contribution in [0, 0.1) is 11.8 Å². The average molecular weight is 499 g/mol. The van der Waals surface area contributed by atoms with Gasteiger partial charge in [0, 0.05) is 18.8 Å². The fourth-order valence-corrected chi connectivity index (χ4v) is 4.22. The summed E-state index contributed by atoms with van der Waals surface area (Å²) in [6.45, 7) is 5.69. The molecule has 0 aliphatic carbocycles. The van der Waals surface area contributed by atoms with Gasteiger partial charge in [-0.1, -0.05) is 82.5 Å². The molecule has 36 heavy (non-hydrogen) atoms. The van der Waals surface area contributed by atoms with E-state index in [1.165, 1.54) is 0 Å². The minimum Gasteiger partial charge on any atom is -0.368 e. The summed E-state index contributed by atoms with van der Waals surface area (Å²) in [5.74, 6) is -3.22. The lowest BCUT2D eigenvalue weighted by atomic mass is 9.94. The van der Waals surface area contributed by atoms with E-state index in [0.717, 1.165) is 22.8 Å². The number of fused-ring (bicyclic) bond motifs is 1. The molecule has 6 N–H and O–H groups in total. The van der Waals surface area contributed by atoms with Crippen molar-refractivity contribution in [2.45, 2.75) is 71.4 Å². The van der Waals surface area contributed by atoms with Crippen LogP contribution in [0.25, 0.3) is 10.8 Å². The topological polar surface area (TPSA) is 151 Å². The summed E-state index contributed by atoms with van der Waals surface area (Å²) in [7, 11) is 0. The van der Waals surface area contributed by atoms with Crippen molar-refractivity contribution in [3.8, 4) is 0 Å². The van der Waals surface area contributed by atoms with Crippen LogP contribution in [0.4, 0.5) is 0 Å². The maximum absolute atomic E-state index is 13.4. The Bertz CT molecular complexity index is 1050. The van der Waals surface area contributed by atoms with Crippen LogP contribution in [-0.4, -0.2) is 40.9 Å². The van der Waals surface area contributed by atoms with Crippen LogP contribution in [-0.2, 0) is 25.6 Å². The van der Waals surface area contributed by atoms with Crippen molar-refractivity contribution in [2.24, 2.45) is 17.6 Å². The Kier molecular flexibility index (Phi) is 11.3. The van der Waals surface area contributed by atoms with Gasteiger partial charge < -0.3 is 16.4 Å². The highest BCUT2D eigenvalue weighted by molar-refractivity contribution is 5.94. The molecule has 0 aromatic heterocycles. The van der Waals surface area contributed by atoms with Gasteiger partial charge in [-0.2, -0.15) is 0 Å². The third kappa shape index (κ3) is 8.05. The first-order valence-corrected chi connectivity index (χ1v) is 12.5. The van der Waals surface area contributed by atoms with Crippen molar-refractivity contribution < 1.29 is 24.4 Å². The lowest BCUT2D eigenvalue weighted by Crippen LogP contribution is -2.56. The normalized spacial score (nSPS) is 14.3. The highest BCUT2D eigenvalue weighted by Gasteiger charge is 2.31. The molecule has 2 rings (SSSR count). The van der Waals surface area contributed by atoms with E-state index in [9.17, 15) is 19.2 Å². The van der Waals surface area contributed by atoms with E-state index in [1.807, 2.05) is 63.2 Å². The van der Waals surface area contributed by atoms with Crippen molar-refractivity contribution in [3.05, 3.63) is 48.0 Å². The molecular formula is C27H38N4O5. The average Bonchev–Trinajstić information content (AvgIpc) is 2.88. The zero-order valence-corrected chi connectivity index (χ0v) is 21.3. The molecule has 0 bridgehead atoms. The molecule has 2 aromatic carbocycles. The van der Waals surface area contributed by atoms with Crippen LogP contribution in [0.1, 0.15) is 58.4 Å². The van der Waals surface area contributed by atoms with E-state index < -0.39 is 41.6 Å². The van der Waals surface area contributed by atoms with Crippen molar-refractivity contribution in [1.82, 2.24) is 16.1 Å². The molecule has 0 aliphatic heterocycles. The zero-order valence-electron chi connectivity index (χ0n) is 21.3. The summed E-state index contributed by atoms with van der Waals surface area (Å²) in [4.78, 5) is 50.5. The first-order chi connectivity index (χ1) is 17.2. The number of nitrogens with one attached hydrogen (secondary N) is 3. The number of rotatable bonds is 14. The predicted molar refractivity (Wildman–Crippen MR) is 138 cm³/mol. The van der Waals surface area contributed by atoms with Gasteiger partial charge in [-0.25, -0.2) is 5.48 Å². The van der Waals surface area contributed by atoms with Gasteiger partial charge in [0.1, 0.15) is 12.1 Å². The second kappa shape index (κ2) is 14.2. The number of nitrogens with two attached hydrogens (primary N) is 1. The maximum Gasteiger partial charge on any atom is 0.244 e. The van der Waals surface area contributed by atoms with Crippen molar-refractivity contribution in [2.75, 3.05) is 0 Å². The zero-order chi connectivity index (χ0) is 26.7. The van der Waals surface area contributed by atoms with Crippen LogP contribution >= 0.6 is 0 Å². The molecular weight excluding hydrogens is 460 g/mol. The Labute approximate surface area is 212 Å². The first kappa shape index (κ1) is 28.8. The van der Waals surface area contributed by atoms with Crippen LogP contribution < -0.4 is 21.8 Å². The molecule has 4 amide bonds. The van der Waals surface area contributed by atoms with E-state index >= 15 is 0 Å². The summed E-state index contributed by atoms with van der Waals surface area (Å²) in [5, 5.41) is 16.4. The lowest BCUT2D eigenvalue weighted by molar-refractivity contribution is -0.136. The van der Waals surface area contributed by atoms with Gasteiger partial charge in [0.05, 0.1) is 0 Å². The number of carbonyl (C=O) groups excluding carboxylic acids is 4. The highest BCUT2D eigenvalue weighted by atomic mass is 16.5. The van der Waals surface area contributed by atoms with Gasteiger partial charge in [0.15, 0.2) is 0 Å². The van der Waals surface area contributed by atoms with Gasteiger partial charge in [-0.15, -0.1) is 0 Å². The molecule has 0 aliphatic rings. The van der Waals surface area contributed by atoms with Crippen LogP contribution in [0.2, 0.25) is 0 Å². The number of primary amides is 1. The monoisotopic (exact) mass is 498 g/mol. The van der Waals surface area contributed by atoms with Gasteiger partial charge in [-0.3, -0.25) is 24.4 Å². The van der Waals surface area contributed by atoms with Crippen LogP contribution in [0.5, 0.6) is 0 Å². The summed E-state index contributed by atoms with van der Waals surface area (Å²) in [6, 6.07) is 11.6. The maximum atomic E-state index is 13.4. The molecule has 4 atom stereocenters. The Morgan fingerprint density at radius 3 is 2.31 bits per heavy atom. The number of carbonyl (C=O) groups is 4. The smallest absolute Gasteiger partial charge is 0.244 e. The van der Waals surface area contributed by atoms with Gasteiger partial charge >= 0.3 is 0 Å². The second-order valence-corrected chi connectivity index (χ2v) is 9.26. The minimum absolute atomic E-state index is 0.178. The van der Waals surface area contributed by atoms with Gasteiger partial charge in [0.2, 0.25) is 23.6 Å². The predicted octanol–water partition coefficient (Wildman–Crippen LogP) is 2.59. The number of hydrogen-bond donors (Lipinski definition) is 5. The Morgan fingerprint density at radius 1 is 0.972 bits per heavy atom. The largest absolute Gasteiger partial charge is 0.368 e. The third-order valence-electron chi connectivity index (χ3n) is 6.59. The van der Waals surface area contributed by atoms with Crippen molar-refractivity contribution in [3.63, 3.8) is 0 Å². The fraction of sp³-hybridized carbons (Fsp3) is 0.481. The molecule has 196 valence electrons. The van der Waals surface area contributed by atoms with Crippen molar-refractivity contribution in [1.29, 1.82) is 0 Å². The quantitative estimate of drug-likeness (QED) is 0.200. The Hall–Kier alpha value is -3.46. The molecule has 0 spiro atoms. The van der Waals surface area contributed by atoms with Crippen molar-refractivity contribution >= 4 is 34.4 Å². The van der Waals surface area contributed by atoms with Gasteiger partial charge in [-0.05, 0) is 28.7 Å². The van der Waals surface area contributed by atoms with E-state index in [2.05, 4.69) is 10.6 Å². The highest BCUT2D eigenvalue weighted by Crippen LogP contribution is 2.21. The molecule has 0 saturated heterocycles. The van der Waals surface area contributed by atoms with Gasteiger partial charge in [0.25, 0.3) is 0 Å². The third-order valence-corrected chi connectivity index (χ3v) is 6.59. The first-order valence-electron chi connectivity index (χ1n) is 12.5. The fourth-order valence-electron chi connectivity index (χ4n) is 4.22. The minimum atomic E-state index is -1.00. The molecule has 9 heteroatoms. The molecule has 0 radical (unpaired) electrons. The molecule has 0 unspecified atom stereocenters. The summed E-state index contributed by atoms with van der Waals surface area (Å²) in [5.41, 5.74) is 7.98. The molecule has 0 saturated carbocycles. The number of unbranched alkanes of at least 4 members (excludes halogenated alkanes) is 1. The summed E-state index contributed by atoms with van der Waals surface area (Å²) < 4.78 is 0. The number of amides is 4. The SMILES string of the molecule is CCCC[C@H](CC(=O)NO)C(=O)N[C@@H](Cc1cccc2ccccc12)C(=O)N[C@H](C(N)=O)[C@@H](C)CC. The van der Waals surface area contributed by atoms with E-state index in [4.69, 9.17) is 10.9 Å². The van der Waals surface area contributed by atoms with E-state index in [0.29, 0.717) is 19.3 Å². The molecule has 9 nitrogen and oxygen atoms in total. The van der Waals surface area contributed by atoms with E-state index in [-0.39, 0.29) is 18.8 Å². The number of hydroxylamine groups is 1. The van der Waals surface area contributed by atoms with E-state index in [1.54, 1.807) is 5.48 Å². The summed E-state index contributed by atoms with van der Waals surface area (Å²) in [6.07, 6.45) is 2.55.